The Balaban J connectivity index is 1.57. The van der Waals surface area contributed by atoms with Gasteiger partial charge in [0.25, 0.3) is 11.5 Å². The number of aromatic nitrogens is 2. The molecule has 1 amide bonds. The Bertz CT molecular complexity index is 685. The maximum absolute atomic E-state index is 12.5. The molecule has 1 aromatic heterocycles. The van der Waals surface area contributed by atoms with E-state index >= 15 is 0 Å². The summed E-state index contributed by atoms with van der Waals surface area (Å²) in [5.41, 5.74) is 0.527. The van der Waals surface area contributed by atoms with Crippen LogP contribution in [0.2, 0.25) is 0 Å². The zero-order valence-corrected chi connectivity index (χ0v) is 13.7. The van der Waals surface area contributed by atoms with Crippen LogP contribution in [0.4, 0.5) is 5.82 Å². The lowest BCUT2D eigenvalue weighted by Crippen LogP contribution is -2.48. The molecule has 0 spiro atoms. The van der Waals surface area contributed by atoms with Gasteiger partial charge in [-0.3, -0.25) is 9.59 Å². The van der Waals surface area contributed by atoms with Crippen LogP contribution in [0.15, 0.2) is 29.0 Å². The van der Waals surface area contributed by atoms with E-state index in [-0.39, 0.29) is 23.4 Å². The fourth-order valence-electron chi connectivity index (χ4n) is 2.78. The highest BCUT2D eigenvalue weighted by Crippen LogP contribution is 2.17. The molecule has 0 aromatic carbocycles. The van der Waals surface area contributed by atoms with Gasteiger partial charge in [-0.15, -0.1) is 0 Å². The minimum Gasteiger partial charge on any atom is -0.501 e. The molecule has 1 fully saturated rings. The van der Waals surface area contributed by atoms with Crippen molar-refractivity contribution in [3.63, 3.8) is 0 Å². The summed E-state index contributed by atoms with van der Waals surface area (Å²) >= 11 is 0. The second kappa shape index (κ2) is 7.48. The van der Waals surface area contributed by atoms with Crippen molar-refractivity contribution < 1.29 is 14.3 Å². The number of hydrogen-bond donors (Lipinski definition) is 1. The van der Waals surface area contributed by atoms with Gasteiger partial charge in [0, 0.05) is 39.1 Å². The lowest BCUT2D eigenvalue weighted by molar-refractivity contribution is -0.134. The summed E-state index contributed by atoms with van der Waals surface area (Å²) in [7, 11) is 1.67. The summed E-state index contributed by atoms with van der Waals surface area (Å²) in [4.78, 5) is 30.3. The average Bonchev–Trinajstić information content (AvgIpc) is 2.63. The molecule has 0 radical (unpaired) electrons. The number of carbonyl (C=O) groups is 1. The molecule has 2 aliphatic heterocycles. The molecular formula is C16H22N4O4. The van der Waals surface area contributed by atoms with Crippen LogP contribution in [-0.2, 0) is 21.3 Å². The number of amides is 1. The van der Waals surface area contributed by atoms with Crippen LogP contribution in [0.5, 0.6) is 0 Å². The predicted molar refractivity (Wildman–Crippen MR) is 87.6 cm³/mol. The van der Waals surface area contributed by atoms with Crippen LogP contribution in [0.1, 0.15) is 12.8 Å². The van der Waals surface area contributed by atoms with E-state index in [4.69, 9.17) is 9.47 Å². The Morgan fingerprint density at radius 2 is 2.33 bits per heavy atom. The number of ether oxygens (including phenoxy) is 2. The topological polar surface area (TPSA) is 85.7 Å². The molecular weight excluding hydrogens is 312 g/mol. The zero-order valence-electron chi connectivity index (χ0n) is 13.7. The van der Waals surface area contributed by atoms with E-state index < -0.39 is 0 Å². The lowest BCUT2D eigenvalue weighted by Gasteiger charge is -2.34. The molecule has 24 heavy (non-hydrogen) atoms. The third kappa shape index (κ3) is 3.76. The quantitative estimate of drug-likeness (QED) is 0.841. The molecule has 1 saturated heterocycles. The predicted octanol–water partition coefficient (Wildman–Crippen LogP) is 0.114. The highest BCUT2D eigenvalue weighted by Gasteiger charge is 2.27. The number of aryl methyl sites for hydroxylation is 1. The van der Waals surface area contributed by atoms with Crippen LogP contribution < -0.4 is 10.9 Å². The van der Waals surface area contributed by atoms with Gasteiger partial charge in [0.05, 0.1) is 31.2 Å². The van der Waals surface area contributed by atoms with E-state index in [1.165, 1.54) is 4.57 Å². The van der Waals surface area contributed by atoms with E-state index in [9.17, 15) is 9.59 Å². The van der Waals surface area contributed by atoms with Gasteiger partial charge in [-0.05, 0) is 12.8 Å². The molecule has 8 nitrogen and oxygen atoms in total. The molecule has 2 aliphatic rings. The second-order valence-corrected chi connectivity index (χ2v) is 5.93. The standard InChI is InChI=1S/C16H22N4O4/c1-19-5-4-17-14(16(19)22)18-9-13-10-20(6-8-24-13)15(21)12-3-2-7-23-11-12/h4-5,11,13H,2-3,6-10H2,1H3,(H,17,18)/t13-/m1/s1. The molecule has 0 bridgehead atoms. The SMILES string of the molecule is Cn1ccnc(NC[C@@H]2CN(C(=O)C3=COCCC3)CCO2)c1=O. The van der Waals surface area contributed by atoms with Crippen LogP contribution in [0, 0.1) is 0 Å². The fourth-order valence-corrected chi connectivity index (χ4v) is 2.78. The van der Waals surface area contributed by atoms with Crippen molar-refractivity contribution in [3.05, 3.63) is 34.6 Å². The second-order valence-electron chi connectivity index (χ2n) is 5.93. The van der Waals surface area contributed by atoms with Gasteiger partial charge >= 0.3 is 0 Å². The smallest absolute Gasteiger partial charge is 0.293 e. The van der Waals surface area contributed by atoms with Crippen LogP contribution in [-0.4, -0.2) is 59.3 Å². The molecule has 0 saturated carbocycles. The Morgan fingerprint density at radius 3 is 3.12 bits per heavy atom. The van der Waals surface area contributed by atoms with Gasteiger partial charge in [-0.25, -0.2) is 4.98 Å². The van der Waals surface area contributed by atoms with E-state index in [0.29, 0.717) is 38.4 Å². The molecule has 3 heterocycles. The summed E-state index contributed by atoms with van der Waals surface area (Å²) in [6.45, 7) is 2.62. The number of anilines is 1. The molecule has 0 aliphatic carbocycles. The number of carbonyl (C=O) groups excluding carboxylic acids is 1. The first kappa shape index (κ1) is 16.5. The summed E-state index contributed by atoms with van der Waals surface area (Å²) in [5.74, 6) is 0.298. The normalized spacial score (nSPS) is 21.0. The van der Waals surface area contributed by atoms with Gasteiger partial charge in [-0.2, -0.15) is 0 Å². The van der Waals surface area contributed by atoms with Gasteiger partial charge < -0.3 is 24.3 Å². The van der Waals surface area contributed by atoms with Crippen LogP contribution in [0.25, 0.3) is 0 Å². The van der Waals surface area contributed by atoms with E-state index in [2.05, 4.69) is 10.3 Å². The van der Waals surface area contributed by atoms with E-state index in [0.717, 1.165) is 12.8 Å². The summed E-state index contributed by atoms with van der Waals surface area (Å²) in [6.07, 6.45) is 6.19. The van der Waals surface area contributed by atoms with Crippen molar-refractivity contribution >= 4 is 11.7 Å². The van der Waals surface area contributed by atoms with Crippen molar-refractivity contribution in [3.8, 4) is 0 Å². The number of nitrogens with zero attached hydrogens (tertiary/aromatic N) is 3. The van der Waals surface area contributed by atoms with Gasteiger partial charge in [0.2, 0.25) is 0 Å². The Hall–Kier alpha value is -2.35. The van der Waals surface area contributed by atoms with Crippen molar-refractivity contribution in [1.29, 1.82) is 0 Å². The van der Waals surface area contributed by atoms with Gasteiger partial charge in [0.15, 0.2) is 5.82 Å². The van der Waals surface area contributed by atoms with Crippen molar-refractivity contribution in [2.45, 2.75) is 18.9 Å². The third-order valence-electron chi connectivity index (χ3n) is 4.15. The molecule has 3 rings (SSSR count). The number of hydrogen-bond acceptors (Lipinski definition) is 6. The van der Waals surface area contributed by atoms with Crippen molar-refractivity contribution in [1.82, 2.24) is 14.5 Å². The fraction of sp³-hybridized carbons (Fsp3) is 0.562. The summed E-state index contributed by atoms with van der Waals surface area (Å²) in [6, 6.07) is 0. The Morgan fingerprint density at radius 1 is 1.46 bits per heavy atom. The monoisotopic (exact) mass is 334 g/mol. The largest absolute Gasteiger partial charge is 0.501 e. The van der Waals surface area contributed by atoms with Crippen molar-refractivity contribution in [2.24, 2.45) is 7.05 Å². The molecule has 1 aromatic rings. The number of nitrogens with one attached hydrogen (secondary N) is 1. The highest BCUT2D eigenvalue weighted by molar-refractivity contribution is 5.93. The third-order valence-corrected chi connectivity index (χ3v) is 4.15. The minimum absolute atomic E-state index is 0.0109. The first-order valence-electron chi connectivity index (χ1n) is 8.12. The molecule has 8 heteroatoms. The zero-order chi connectivity index (χ0) is 16.9. The number of morpholine rings is 1. The van der Waals surface area contributed by atoms with Crippen LogP contribution in [0.3, 0.4) is 0 Å². The van der Waals surface area contributed by atoms with Crippen LogP contribution >= 0.6 is 0 Å². The van der Waals surface area contributed by atoms with Crippen molar-refractivity contribution in [2.75, 3.05) is 38.2 Å². The lowest BCUT2D eigenvalue weighted by atomic mass is 10.1. The molecule has 1 atom stereocenters. The number of rotatable bonds is 4. The highest BCUT2D eigenvalue weighted by atomic mass is 16.5. The summed E-state index contributed by atoms with van der Waals surface area (Å²) in [5, 5.41) is 3.02. The van der Waals surface area contributed by atoms with E-state index in [1.807, 2.05) is 0 Å². The van der Waals surface area contributed by atoms with Gasteiger partial charge in [0.1, 0.15) is 0 Å². The van der Waals surface area contributed by atoms with Gasteiger partial charge in [-0.1, -0.05) is 0 Å². The maximum atomic E-state index is 12.5. The Labute approximate surface area is 140 Å². The first-order valence-corrected chi connectivity index (χ1v) is 8.12. The average molecular weight is 334 g/mol. The molecule has 130 valence electrons. The maximum Gasteiger partial charge on any atom is 0.293 e. The first-order chi connectivity index (χ1) is 11.6. The van der Waals surface area contributed by atoms with E-state index in [1.54, 1.807) is 30.6 Å². The minimum atomic E-state index is -0.189. The molecule has 1 N–H and O–H groups in total. The molecule has 0 unspecified atom stereocenters. The summed E-state index contributed by atoms with van der Waals surface area (Å²) < 4.78 is 12.4. The Kier molecular flexibility index (Phi) is 5.14.